The van der Waals surface area contributed by atoms with Crippen molar-refractivity contribution < 1.29 is 13.9 Å². The molecule has 168 valence electrons. The van der Waals surface area contributed by atoms with Gasteiger partial charge in [0, 0.05) is 25.2 Å². The number of aromatic nitrogens is 5. The Morgan fingerprint density at radius 1 is 1.29 bits per heavy atom. The molecule has 0 saturated heterocycles. The number of rotatable bonds is 0. The Hall–Kier alpha value is -4.65. The topological polar surface area (TPSA) is 133 Å². The van der Waals surface area contributed by atoms with Crippen molar-refractivity contribution in [3.05, 3.63) is 82.3 Å². The molecule has 2 N–H and O–H groups in total. The highest BCUT2D eigenvalue weighted by Crippen LogP contribution is 2.34. The zero-order chi connectivity index (χ0) is 24.0. The Kier molecular flexibility index (Phi) is 5.02. The number of aryl methyl sites for hydroxylation is 1. The van der Waals surface area contributed by atoms with Crippen LogP contribution in [0.2, 0.25) is 0 Å². The van der Waals surface area contributed by atoms with Crippen molar-refractivity contribution in [2.75, 3.05) is 5.73 Å². The first-order chi connectivity index (χ1) is 16.4. The van der Waals surface area contributed by atoms with Gasteiger partial charge in [0.25, 0.3) is 5.88 Å². The molecule has 3 aromatic heterocycles. The lowest BCUT2D eigenvalue weighted by molar-refractivity contribution is 0.103. The molecule has 0 fully saturated rings. The number of ketones is 1. The van der Waals surface area contributed by atoms with E-state index in [1.54, 1.807) is 38.4 Å². The van der Waals surface area contributed by atoms with E-state index in [0.717, 1.165) is 5.56 Å². The number of carbonyl (C=O) groups is 1. The molecule has 34 heavy (non-hydrogen) atoms. The molecule has 1 aliphatic rings. The summed E-state index contributed by atoms with van der Waals surface area (Å²) in [5, 5.41) is 14.1. The second-order valence-corrected chi connectivity index (χ2v) is 7.86. The summed E-state index contributed by atoms with van der Waals surface area (Å²) in [5.74, 6) is -0.837. The predicted molar refractivity (Wildman–Crippen MR) is 119 cm³/mol. The van der Waals surface area contributed by atoms with Crippen LogP contribution in [0.3, 0.4) is 0 Å². The van der Waals surface area contributed by atoms with Crippen LogP contribution in [-0.2, 0) is 13.5 Å². The summed E-state index contributed by atoms with van der Waals surface area (Å²) in [6.07, 6.45) is 2.55. The van der Waals surface area contributed by atoms with Crippen LogP contribution in [0, 0.1) is 17.1 Å². The number of fused-ring (bicyclic) bond motifs is 6. The highest BCUT2D eigenvalue weighted by atomic mass is 19.1. The highest BCUT2D eigenvalue weighted by molar-refractivity contribution is 6.12. The molecule has 0 unspecified atom stereocenters. The van der Waals surface area contributed by atoms with Crippen molar-refractivity contribution in [2.24, 2.45) is 7.05 Å². The molecule has 5 rings (SSSR count). The summed E-state index contributed by atoms with van der Waals surface area (Å²) in [5.41, 5.74) is 8.69. The Morgan fingerprint density at radius 2 is 2.12 bits per heavy atom. The first kappa shape index (κ1) is 21.2. The standard InChI is InChI=1S/C24H18FN7O2/c1-12-16-9-14(25)6-5-13(16)8-17-15(4-3-7-28-17)22(33)21-20(19(10-26)32(2)31-21)18-11-29-23(27)24(30-18)34-12/h3-7,9,11-12H,8H2,1-2H3,(H2,27,29)/t12-/m1/s1. The highest BCUT2D eigenvalue weighted by Gasteiger charge is 2.29. The fourth-order valence-electron chi connectivity index (χ4n) is 4.07. The van der Waals surface area contributed by atoms with Gasteiger partial charge in [0.2, 0.25) is 5.78 Å². The molecule has 0 radical (unpaired) electrons. The summed E-state index contributed by atoms with van der Waals surface area (Å²) in [7, 11) is 1.57. The lowest BCUT2D eigenvalue weighted by atomic mass is 9.94. The Bertz CT molecular complexity index is 1510. The molecule has 9 nitrogen and oxygen atoms in total. The number of nitriles is 1. The van der Waals surface area contributed by atoms with E-state index in [1.807, 2.05) is 0 Å². The normalized spacial score (nSPS) is 14.9. The lowest BCUT2D eigenvalue weighted by Crippen LogP contribution is -2.12. The Balaban J connectivity index is 1.83. The summed E-state index contributed by atoms with van der Waals surface area (Å²) < 4.78 is 21.5. The molecule has 1 aliphatic heterocycles. The molecular weight excluding hydrogens is 437 g/mol. The van der Waals surface area contributed by atoms with Gasteiger partial charge < -0.3 is 10.5 Å². The molecule has 4 aromatic rings. The van der Waals surface area contributed by atoms with Gasteiger partial charge in [-0.3, -0.25) is 14.5 Å². The first-order valence-corrected chi connectivity index (χ1v) is 10.4. The number of nitrogens with two attached hydrogens (primary N) is 1. The molecule has 0 aliphatic carbocycles. The molecule has 1 aromatic carbocycles. The van der Waals surface area contributed by atoms with Crippen LogP contribution in [0.4, 0.5) is 10.2 Å². The number of halogens is 1. The van der Waals surface area contributed by atoms with Gasteiger partial charge in [-0.25, -0.2) is 14.4 Å². The minimum atomic E-state index is -0.648. The Morgan fingerprint density at radius 3 is 2.91 bits per heavy atom. The number of ether oxygens (including phenoxy) is 1. The van der Waals surface area contributed by atoms with Crippen molar-refractivity contribution in [2.45, 2.75) is 19.4 Å². The van der Waals surface area contributed by atoms with E-state index >= 15 is 0 Å². The summed E-state index contributed by atoms with van der Waals surface area (Å²) >= 11 is 0. The van der Waals surface area contributed by atoms with E-state index in [4.69, 9.17) is 10.5 Å². The largest absolute Gasteiger partial charge is 0.467 e. The van der Waals surface area contributed by atoms with Crippen LogP contribution in [0.25, 0.3) is 11.3 Å². The second kappa shape index (κ2) is 8.04. The van der Waals surface area contributed by atoms with E-state index in [2.05, 4.69) is 26.1 Å². The number of nitrogen functional groups attached to an aromatic ring is 1. The summed E-state index contributed by atoms with van der Waals surface area (Å²) in [4.78, 5) is 26.8. The average Bonchev–Trinajstić information content (AvgIpc) is 3.17. The van der Waals surface area contributed by atoms with Gasteiger partial charge >= 0.3 is 0 Å². The number of anilines is 1. The van der Waals surface area contributed by atoms with Crippen molar-refractivity contribution in [3.8, 4) is 23.2 Å². The third-order valence-electron chi connectivity index (χ3n) is 5.72. The maximum absolute atomic E-state index is 14.2. The molecule has 2 bridgehead atoms. The first-order valence-electron chi connectivity index (χ1n) is 10.4. The van der Waals surface area contributed by atoms with Crippen LogP contribution in [0.5, 0.6) is 5.88 Å². The maximum Gasteiger partial charge on any atom is 0.258 e. The minimum absolute atomic E-state index is 0.00115. The molecule has 0 saturated carbocycles. The molecule has 0 spiro atoms. The van der Waals surface area contributed by atoms with Crippen LogP contribution >= 0.6 is 0 Å². The fraction of sp³-hybridized carbons (Fsp3) is 0.167. The summed E-state index contributed by atoms with van der Waals surface area (Å²) in [6, 6.07) is 9.74. The fourth-order valence-corrected chi connectivity index (χ4v) is 4.07. The monoisotopic (exact) mass is 455 g/mol. The van der Waals surface area contributed by atoms with Gasteiger partial charge in [-0.2, -0.15) is 10.4 Å². The van der Waals surface area contributed by atoms with E-state index in [-0.39, 0.29) is 40.8 Å². The zero-order valence-electron chi connectivity index (χ0n) is 18.3. The number of nitrogens with zero attached hydrogens (tertiary/aromatic N) is 6. The number of hydrogen-bond donors (Lipinski definition) is 1. The van der Waals surface area contributed by atoms with Gasteiger partial charge in [-0.05, 0) is 42.3 Å². The van der Waals surface area contributed by atoms with Crippen molar-refractivity contribution in [1.29, 1.82) is 5.26 Å². The van der Waals surface area contributed by atoms with Gasteiger partial charge in [-0.15, -0.1) is 0 Å². The van der Waals surface area contributed by atoms with Crippen LogP contribution in [0.15, 0.2) is 42.7 Å². The van der Waals surface area contributed by atoms with Crippen LogP contribution in [-0.4, -0.2) is 30.5 Å². The lowest BCUT2D eigenvalue weighted by Gasteiger charge is -2.19. The van der Waals surface area contributed by atoms with E-state index in [1.165, 1.54) is 23.0 Å². The van der Waals surface area contributed by atoms with Gasteiger partial charge in [0.05, 0.1) is 23.1 Å². The van der Waals surface area contributed by atoms with E-state index < -0.39 is 17.7 Å². The number of benzene rings is 1. The molecule has 4 heterocycles. The van der Waals surface area contributed by atoms with Crippen molar-refractivity contribution in [1.82, 2.24) is 24.7 Å². The number of hydrogen-bond acceptors (Lipinski definition) is 8. The minimum Gasteiger partial charge on any atom is -0.467 e. The molecule has 10 heteroatoms. The number of carbonyl (C=O) groups excluding carboxylic acids is 1. The molecule has 0 amide bonds. The second-order valence-electron chi connectivity index (χ2n) is 7.86. The SMILES string of the molecule is C[C@H]1Oc2nc(cnc2N)-c2c(nn(C)c2C#N)C(=O)c2cccnc2Cc2ccc(F)cc21. The zero-order valence-corrected chi connectivity index (χ0v) is 18.3. The van der Waals surface area contributed by atoms with E-state index in [9.17, 15) is 14.4 Å². The van der Waals surface area contributed by atoms with E-state index in [0.29, 0.717) is 16.8 Å². The maximum atomic E-state index is 14.2. The van der Waals surface area contributed by atoms with Crippen molar-refractivity contribution in [3.63, 3.8) is 0 Å². The van der Waals surface area contributed by atoms with Gasteiger partial charge in [0.15, 0.2) is 5.82 Å². The molecule has 1 atom stereocenters. The summed E-state index contributed by atoms with van der Waals surface area (Å²) in [6.45, 7) is 1.74. The quantitative estimate of drug-likeness (QED) is 0.428. The van der Waals surface area contributed by atoms with Crippen LogP contribution in [0.1, 0.15) is 51.6 Å². The van der Waals surface area contributed by atoms with Gasteiger partial charge in [0.1, 0.15) is 29.4 Å². The third-order valence-corrected chi connectivity index (χ3v) is 5.72. The smallest absolute Gasteiger partial charge is 0.258 e. The van der Waals surface area contributed by atoms with Crippen molar-refractivity contribution >= 4 is 11.6 Å². The average molecular weight is 455 g/mol. The van der Waals surface area contributed by atoms with Gasteiger partial charge in [-0.1, -0.05) is 6.07 Å². The predicted octanol–water partition coefficient (Wildman–Crippen LogP) is 3.14. The molecular formula is C24H18FN7O2. The number of pyridine rings is 1. The third kappa shape index (κ3) is 3.44. The van der Waals surface area contributed by atoms with Crippen LogP contribution < -0.4 is 10.5 Å². The Labute approximate surface area is 193 Å².